The summed E-state index contributed by atoms with van der Waals surface area (Å²) in [5.41, 5.74) is 1.57. The lowest BCUT2D eigenvalue weighted by Gasteiger charge is -2.13. The molecule has 0 spiro atoms. The van der Waals surface area contributed by atoms with E-state index in [0.29, 0.717) is 31.8 Å². The van der Waals surface area contributed by atoms with E-state index in [0.717, 1.165) is 11.3 Å². The zero-order chi connectivity index (χ0) is 17.9. The van der Waals surface area contributed by atoms with Gasteiger partial charge in [-0.15, -0.1) is 0 Å². The van der Waals surface area contributed by atoms with Crippen molar-refractivity contribution in [3.63, 3.8) is 0 Å². The quantitative estimate of drug-likeness (QED) is 0.316. The summed E-state index contributed by atoms with van der Waals surface area (Å²) in [5, 5.41) is 3.82. The van der Waals surface area contributed by atoms with E-state index >= 15 is 0 Å². The van der Waals surface area contributed by atoms with E-state index in [4.69, 9.17) is 37.5 Å². The van der Waals surface area contributed by atoms with Crippen LogP contribution < -0.4 is 9.47 Å². The number of halogens is 3. The SMILES string of the molecule is CCc1cc(OCC=C(Cl)Cl)cc(F)c1OCCCON=C(C)C. The third-order valence-corrected chi connectivity index (χ3v) is 3.14. The van der Waals surface area contributed by atoms with Crippen LogP contribution in [-0.4, -0.2) is 25.5 Å². The number of benzene rings is 1. The summed E-state index contributed by atoms with van der Waals surface area (Å²) in [7, 11) is 0. The second-order valence-corrected chi connectivity index (χ2v) is 6.13. The molecule has 0 radical (unpaired) electrons. The molecule has 0 aromatic heterocycles. The van der Waals surface area contributed by atoms with Gasteiger partial charge in [-0.1, -0.05) is 35.3 Å². The van der Waals surface area contributed by atoms with Crippen molar-refractivity contribution >= 4 is 28.9 Å². The molecule has 134 valence electrons. The van der Waals surface area contributed by atoms with Crippen molar-refractivity contribution in [2.24, 2.45) is 5.16 Å². The molecule has 0 saturated heterocycles. The van der Waals surface area contributed by atoms with Crippen LogP contribution in [0.5, 0.6) is 11.5 Å². The van der Waals surface area contributed by atoms with Crippen LogP contribution in [0.1, 0.15) is 32.8 Å². The molecule has 0 unspecified atom stereocenters. The highest BCUT2D eigenvalue weighted by Crippen LogP contribution is 2.29. The lowest BCUT2D eigenvalue weighted by atomic mass is 10.1. The summed E-state index contributed by atoms with van der Waals surface area (Å²) in [5.74, 6) is 0.179. The third-order valence-electron chi connectivity index (χ3n) is 2.84. The molecular weight excluding hydrogens is 356 g/mol. The average Bonchev–Trinajstić information content (AvgIpc) is 2.51. The monoisotopic (exact) mass is 377 g/mol. The van der Waals surface area contributed by atoms with E-state index in [9.17, 15) is 4.39 Å². The van der Waals surface area contributed by atoms with Gasteiger partial charge in [-0.3, -0.25) is 0 Å². The Hall–Kier alpha value is -1.46. The summed E-state index contributed by atoms with van der Waals surface area (Å²) >= 11 is 11.0. The first kappa shape index (κ1) is 20.6. The van der Waals surface area contributed by atoms with Crippen molar-refractivity contribution < 1.29 is 18.7 Å². The number of nitrogens with zero attached hydrogens (tertiary/aromatic N) is 1. The van der Waals surface area contributed by atoms with Crippen LogP contribution in [0, 0.1) is 5.82 Å². The molecule has 1 rings (SSSR count). The molecule has 0 heterocycles. The summed E-state index contributed by atoms with van der Waals surface area (Å²) in [6.45, 7) is 6.54. The number of hydrogen-bond acceptors (Lipinski definition) is 4. The molecule has 0 bridgehead atoms. The van der Waals surface area contributed by atoms with Gasteiger partial charge in [-0.05, 0) is 32.4 Å². The molecule has 0 aliphatic heterocycles. The summed E-state index contributed by atoms with van der Waals surface area (Å²) in [6, 6.07) is 3.03. The Balaban J connectivity index is 2.60. The van der Waals surface area contributed by atoms with E-state index < -0.39 is 5.82 Å². The Kier molecular flexibility index (Phi) is 9.57. The van der Waals surface area contributed by atoms with Gasteiger partial charge in [0.1, 0.15) is 23.5 Å². The maximum absolute atomic E-state index is 14.2. The molecular formula is C17H22Cl2FNO3. The number of hydrogen-bond donors (Lipinski definition) is 0. The highest BCUT2D eigenvalue weighted by molar-refractivity contribution is 6.55. The van der Waals surface area contributed by atoms with Crippen LogP contribution in [0.4, 0.5) is 4.39 Å². The molecule has 0 saturated carbocycles. The van der Waals surface area contributed by atoms with Gasteiger partial charge < -0.3 is 14.3 Å². The van der Waals surface area contributed by atoms with Crippen LogP contribution in [0.25, 0.3) is 0 Å². The number of ether oxygens (including phenoxy) is 2. The number of rotatable bonds is 10. The van der Waals surface area contributed by atoms with E-state index in [-0.39, 0.29) is 16.8 Å². The molecule has 4 nitrogen and oxygen atoms in total. The lowest BCUT2D eigenvalue weighted by Crippen LogP contribution is -2.06. The molecule has 7 heteroatoms. The molecule has 0 N–H and O–H groups in total. The molecule has 24 heavy (non-hydrogen) atoms. The zero-order valence-corrected chi connectivity index (χ0v) is 15.6. The van der Waals surface area contributed by atoms with Crippen molar-refractivity contribution in [2.45, 2.75) is 33.6 Å². The average molecular weight is 378 g/mol. The van der Waals surface area contributed by atoms with E-state index in [2.05, 4.69) is 5.16 Å². The van der Waals surface area contributed by atoms with Gasteiger partial charge in [0, 0.05) is 18.1 Å². The van der Waals surface area contributed by atoms with E-state index in [1.54, 1.807) is 6.07 Å². The van der Waals surface area contributed by atoms with Crippen molar-refractivity contribution in [2.75, 3.05) is 19.8 Å². The standard InChI is InChI=1S/C17H22Cl2FNO3/c1-4-13-10-14(22-9-6-16(18)19)11-15(20)17(13)23-7-5-8-24-21-12(2)3/h6,10-11H,4-5,7-9H2,1-3H3. The van der Waals surface area contributed by atoms with Crippen molar-refractivity contribution in [1.82, 2.24) is 0 Å². The molecule has 0 atom stereocenters. The lowest BCUT2D eigenvalue weighted by molar-refractivity contribution is 0.126. The second-order valence-electron chi connectivity index (χ2n) is 5.13. The van der Waals surface area contributed by atoms with E-state index in [1.807, 2.05) is 20.8 Å². The van der Waals surface area contributed by atoms with Crippen LogP contribution in [0.3, 0.4) is 0 Å². The third kappa shape index (κ3) is 7.88. The fraction of sp³-hybridized carbons (Fsp3) is 0.471. The molecule has 1 aromatic carbocycles. The molecule has 0 amide bonds. The second kappa shape index (κ2) is 11.2. The van der Waals surface area contributed by atoms with Crippen LogP contribution in [-0.2, 0) is 11.3 Å². The minimum atomic E-state index is -0.464. The van der Waals surface area contributed by atoms with E-state index in [1.165, 1.54) is 12.1 Å². The Morgan fingerprint density at radius 2 is 1.96 bits per heavy atom. The van der Waals surface area contributed by atoms with Crippen molar-refractivity contribution in [3.05, 3.63) is 34.1 Å². The number of oxime groups is 1. The maximum Gasteiger partial charge on any atom is 0.169 e. The normalized spacial score (nSPS) is 10.1. The zero-order valence-electron chi connectivity index (χ0n) is 14.1. The summed E-state index contributed by atoms with van der Waals surface area (Å²) in [4.78, 5) is 5.07. The number of aryl methyl sites for hydroxylation is 1. The van der Waals surface area contributed by atoms with Gasteiger partial charge in [-0.2, -0.15) is 0 Å². The Morgan fingerprint density at radius 1 is 1.21 bits per heavy atom. The predicted octanol–water partition coefficient (Wildman–Crippen LogP) is 5.27. The van der Waals surface area contributed by atoms with Crippen molar-refractivity contribution in [3.8, 4) is 11.5 Å². The highest BCUT2D eigenvalue weighted by atomic mass is 35.5. The topological polar surface area (TPSA) is 40.0 Å². The Bertz CT molecular complexity index is 583. The predicted molar refractivity (Wildman–Crippen MR) is 95.9 cm³/mol. The van der Waals surface area contributed by atoms with Crippen LogP contribution in [0.15, 0.2) is 27.9 Å². The molecule has 0 fully saturated rings. The fourth-order valence-electron chi connectivity index (χ4n) is 1.80. The first-order valence-corrected chi connectivity index (χ1v) is 8.42. The van der Waals surface area contributed by atoms with Gasteiger partial charge in [0.2, 0.25) is 0 Å². The molecule has 0 aliphatic carbocycles. The van der Waals surface area contributed by atoms with Gasteiger partial charge in [0.15, 0.2) is 11.6 Å². The summed E-state index contributed by atoms with van der Waals surface area (Å²) < 4.78 is 25.3. The van der Waals surface area contributed by atoms with Gasteiger partial charge >= 0.3 is 0 Å². The minimum absolute atomic E-state index is 0.107. The first-order valence-electron chi connectivity index (χ1n) is 7.66. The van der Waals surface area contributed by atoms with Gasteiger partial charge in [0.25, 0.3) is 0 Å². The smallest absolute Gasteiger partial charge is 0.169 e. The Labute approximate surface area is 152 Å². The van der Waals surface area contributed by atoms with Gasteiger partial charge in [-0.25, -0.2) is 4.39 Å². The van der Waals surface area contributed by atoms with Crippen LogP contribution >= 0.6 is 23.2 Å². The summed E-state index contributed by atoms with van der Waals surface area (Å²) in [6.07, 6.45) is 2.71. The minimum Gasteiger partial charge on any atom is -0.490 e. The maximum atomic E-state index is 14.2. The molecule has 1 aromatic rings. The van der Waals surface area contributed by atoms with Gasteiger partial charge in [0.05, 0.1) is 12.3 Å². The fourth-order valence-corrected chi connectivity index (χ4v) is 1.93. The molecule has 0 aliphatic rings. The first-order chi connectivity index (χ1) is 11.4. The largest absolute Gasteiger partial charge is 0.490 e. The van der Waals surface area contributed by atoms with Crippen LogP contribution in [0.2, 0.25) is 0 Å². The van der Waals surface area contributed by atoms with Crippen molar-refractivity contribution in [1.29, 1.82) is 0 Å². The Morgan fingerprint density at radius 3 is 2.58 bits per heavy atom. The highest BCUT2D eigenvalue weighted by Gasteiger charge is 2.12.